The van der Waals surface area contributed by atoms with Crippen LogP contribution in [0.3, 0.4) is 0 Å². The van der Waals surface area contributed by atoms with Crippen LogP contribution in [-0.2, 0) is 0 Å². The molecule has 3 aromatic rings. The number of hydrogen-bond donors (Lipinski definition) is 1. The van der Waals surface area contributed by atoms with E-state index < -0.39 is 0 Å². The van der Waals surface area contributed by atoms with E-state index in [1.165, 1.54) is 0 Å². The maximum atomic E-state index is 5.36. The van der Waals surface area contributed by atoms with Crippen LogP contribution in [0.4, 0.5) is 0 Å². The summed E-state index contributed by atoms with van der Waals surface area (Å²) in [7, 11) is 4.74. The van der Waals surface area contributed by atoms with Gasteiger partial charge in [0.1, 0.15) is 0 Å². The molecule has 0 saturated heterocycles. The van der Waals surface area contributed by atoms with Crippen LogP contribution in [0.15, 0.2) is 12.1 Å². The molecule has 0 fully saturated rings. The lowest BCUT2D eigenvalue weighted by Gasteiger charge is -2.12. The largest absolute Gasteiger partial charge is 0.493 e. The smallest absolute Gasteiger partial charge is 0.203 e. The molecule has 116 valence electrons. The van der Waals surface area contributed by atoms with Crippen LogP contribution in [-0.4, -0.2) is 41.1 Å². The van der Waals surface area contributed by atoms with Gasteiger partial charge in [0.25, 0.3) is 0 Å². The van der Waals surface area contributed by atoms with Crippen LogP contribution in [0, 0.1) is 13.8 Å². The van der Waals surface area contributed by atoms with Gasteiger partial charge in [0.15, 0.2) is 23.0 Å². The van der Waals surface area contributed by atoms with E-state index in [1.807, 2.05) is 26.0 Å². The summed E-state index contributed by atoms with van der Waals surface area (Å²) in [6.07, 6.45) is 0. The molecule has 2 heterocycles. The first-order chi connectivity index (χ1) is 10.6. The summed E-state index contributed by atoms with van der Waals surface area (Å²) < 4.78 is 17.7. The van der Waals surface area contributed by atoms with Gasteiger partial charge in [-0.2, -0.15) is 4.63 Å². The minimum atomic E-state index is 0.547. The Labute approximate surface area is 127 Å². The predicted octanol–water partition coefficient (Wildman–Crippen LogP) is 2.37. The van der Waals surface area contributed by atoms with E-state index in [2.05, 4.69) is 15.2 Å². The molecule has 0 bridgehead atoms. The highest BCUT2D eigenvalue weighted by molar-refractivity contribution is 5.68. The molecule has 7 heteroatoms. The fourth-order valence-corrected chi connectivity index (χ4v) is 2.38. The molecule has 0 aliphatic rings. The standard InChI is InChI=1S/C15H18N4O3/c1-8-9(2)17-19-15(8)16-14(18-19)10-6-11(20-3)13(22-5)12(7-10)21-4/h6-7,17H,1-5H3. The number of ether oxygens (including phenoxy) is 3. The number of fused-ring (bicyclic) bond motifs is 1. The lowest BCUT2D eigenvalue weighted by molar-refractivity contribution is 0.324. The third kappa shape index (κ3) is 2.05. The Morgan fingerprint density at radius 1 is 1.00 bits per heavy atom. The number of methoxy groups -OCH3 is 3. The average Bonchev–Trinajstić information content (AvgIpc) is 3.06. The number of nitrogens with zero attached hydrogens (tertiary/aromatic N) is 3. The van der Waals surface area contributed by atoms with Gasteiger partial charge >= 0.3 is 0 Å². The summed E-state index contributed by atoms with van der Waals surface area (Å²) >= 11 is 0. The van der Waals surface area contributed by atoms with Crippen LogP contribution >= 0.6 is 0 Å². The van der Waals surface area contributed by atoms with Crippen LogP contribution in [0.1, 0.15) is 11.3 Å². The third-order valence-electron chi connectivity index (χ3n) is 3.70. The molecular formula is C15H18N4O3. The summed E-state index contributed by atoms with van der Waals surface area (Å²) in [4.78, 5) is 4.58. The molecular weight excluding hydrogens is 284 g/mol. The average molecular weight is 302 g/mol. The van der Waals surface area contributed by atoms with Gasteiger partial charge in [-0.1, -0.05) is 0 Å². The van der Waals surface area contributed by atoms with Crippen molar-refractivity contribution < 1.29 is 14.2 Å². The second-order valence-corrected chi connectivity index (χ2v) is 4.95. The number of nitrogens with one attached hydrogen (secondary N) is 1. The highest BCUT2D eigenvalue weighted by atomic mass is 16.5. The van der Waals surface area contributed by atoms with E-state index in [9.17, 15) is 0 Å². The molecule has 0 unspecified atom stereocenters. The second-order valence-electron chi connectivity index (χ2n) is 4.95. The molecule has 3 rings (SSSR count). The van der Waals surface area contributed by atoms with Crippen LogP contribution < -0.4 is 14.2 Å². The zero-order chi connectivity index (χ0) is 15.9. The Balaban J connectivity index is 2.17. The van der Waals surface area contributed by atoms with Gasteiger partial charge in [0, 0.05) is 16.8 Å². The van der Waals surface area contributed by atoms with E-state index in [0.717, 1.165) is 22.5 Å². The van der Waals surface area contributed by atoms with E-state index in [0.29, 0.717) is 23.1 Å². The number of aromatic amines is 1. The van der Waals surface area contributed by atoms with Crippen LogP contribution in [0.5, 0.6) is 17.2 Å². The van der Waals surface area contributed by atoms with Crippen molar-refractivity contribution in [2.45, 2.75) is 13.8 Å². The topological polar surface area (TPSA) is 73.7 Å². The van der Waals surface area contributed by atoms with Gasteiger partial charge in [0.2, 0.25) is 5.75 Å². The molecule has 0 spiro atoms. The highest BCUT2D eigenvalue weighted by Crippen LogP contribution is 2.40. The molecule has 0 atom stereocenters. The van der Waals surface area contributed by atoms with Gasteiger partial charge in [-0.25, -0.2) is 4.98 Å². The molecule has 0 radical (unpaired) electrons. The van der Waals surface area contributed by atoms with Crippen molar-refractivity contribution in [3.05, 3.63) is 23.4 Å². The third-order valence-corrected chi connectivity index (χ3v) is 3.70. The number of H-pyrrole nitrogens is 1. The Hall–Kier alpha value is -2.70. The zero-order valence-electron chi connectivity index (χ0n) is 13.2. The van der Waals surface area contributed by atoms with Crippen molar-refractivity contribution >= 4 is 5.65 Å². The molecule has 7 nitrogen and oxygen atoms in total. The number of rotatable bonds is 4. The predicted molar refractivity (Wildman–Crippen MR) is 81.9 cm³/mol. The fraction of sp³-hybridized carbons (Fsp3) is 0.333. The van der Waals surface area contributed by atoms with Crippen molar-refractivity contribution in [1.29, 1.82) is 0 Å². The molecule has 0 amide bonds. The minimum Gasteiger partial charge on any atom is -0.493 e. The van der Waals surface area contributed by atoms with Crippen molar-refractivity contribution in [3.8, 4) is 28.6 Å². The minimum absolute atomic E-state index is 0.547. The summed E-state index contributed by atoms with van der Waals surface area (Å²) in [5, 5.41) is 7.62. The first-order valence-electron chi connectivity index (χ1n) is 6.81. The van der Waals surface area contributed by atoms with Gasteiger partial charge in [-0.3, -0.25) is 5.10 Å². The number of aryl methyl sites for hydroxylation is 2. The van der Waals surface area contributed by atoms with Crippen molar-refractivity contribution in [2.24, 2.45) is 0 Å². The fourth-order valence-electron chi connectivity index (χ4n) is 2.38. The lowest BCUT2D eigenvalue weighted by atomic mass is 10.1. The van der Waals surface area contributed by atoms with Gasteiger partial charge in [0.05, 0.1) is 21.3 Å². The normalized spacial score (nSPS) is 11.0. The van der Waals surface area contributed by atoms with Crippen LogP contribution in [0.2, 0.25) is 0 Å². The Morgan fingerprint density at radius 3 is 2.14 bits per heavy atom. The summed E-state index contributed by atoms with van der Waals surface area (Å²) in [6, 6.07) is 3.66. The Morgan fingerprint density at radius 2 is 1.64 bits per heavy atom. The number of benzene rings is 1. The quantitative estimate of drug-likeness (QED) is 0.801. The molecule has 0 aliphatic carbocycles. The van der Waals surface area contributed by atoms with Crippen LogP contribution in [0.25, 0.3) is 17.0 Å². The van der Waals surface area contributed by atoms with Crippen molar-refractivity contribution in [3.63, 3.8) is 0 Å². The van der Waals surface area contributed by atoms with Crippen molar-refractivity contribution in [1.82, 2.24) is 19.8 Å². The molecule has 1 aromatic carbocycles. The summed E-state index contributed by atoms with van der Waals surface area (Å²) in [6.45, 7) is 4.00. The second kappa shape index (κ2) is 5.25. The molecule has 1 N–H and O–H groups in total. The first kappa shape index (κ1) is 14.2. The summed E-state index contributed by atoms with van der Waals surface area (Å²) in [5.41, 5.74) is 3.72. The Kier molecular flexibility index (Phi) is 3.40. The van der Waals surface area contributed by atoms with E-state index in [-0.39, 0.29) is 0 Å². The van der Waals surface area contributed by atoms with E-state index in [4.69, 9.17) is 14.2 Å². The molecule has 0 saturated carbocycles. The SMILES string of the molecule is COc1cc(-c2nc3c(C)c(C)[nH]n3n2)cc(OC)c1OC. The zero-order valence-corrected chi connectivity index (χ0v) is 13.2. The number of hydrogen-bond acceptors (Lipinski definition) is 5. The molecule has 2 aromatic heterocycles. The molecule has 22 heavy (non-hydrogen) atoms. The van der Waals surface area contributed by atoms with Gasteiger partial charge < -0.3 is 14.2 Å². The molecule has 0 aliphatic heterocycles. The highest BCUT2D eigenvalue weighted by Gasteiger charge is 2.18. The van der Waals surface area contributed by atoms with Crippen molar-refractivity contribution in [2.75, 3.05) is 21.3 Å². The van der Waals surface area contributed by atoms with Gasteiger partial charge in [-0.05, 0) is 26.0 Å². The Bertz CT molecular complexity index is 810. The maximum absolute atomic E-state index is 5.36. The lowest BCUT2D eigenvalue weighted by Crippen LogP contribution is -1.96. The summed E-state index contributed by atoms with van der Waals surface area (Å²) in [5.74, 6) is 2.28. The monoisotopic (exact) mass is 302 g/mol. The maximum Gasteiger partial charge on any atom is 0.203 e. The van der Waals surface area contributed by atoms with Gasteiger partial charge in [-0.15, -0.1) is 5.10 Å². The van der Waals surface area contributed by atoms with E-state index in [1.54, 1.807) is 26.0 Å². The van der Waals surface area contributed by atoms with E-state index >= 15 is 0 Å². The number of aromatic nitrogens is 4. The first-order valence-corrected chi connectivity index (χ1v) is 6.81.